The van der Waals surface area contributed by atoms with Crippen LogP contribution in [0, 0.1) is 0 Å². The molecule has 0 radical (unpaired) electrons. The van der Waals surface area contributed by atoms with Crippen LogP contribution < -0.4 is 4.90 Å². The lowest BCUT2D eigenvalue weighted by molar-refractivity contribution is -0.117. The van der Waals surface area contributed by atoms with Gasteiger partial charge in [0, 0.05) is 11.9 Å². The molecule has 1 aliphatic rings. The molecule has 2 aromatic carbocycles. The van der Waals surface area contributed by atoms with Crippen LogP contribution in [0.4, 0.5) is 5.95 Å². The van der Waals surface area contributed by atoms with Gasteiger partial charge >= 0.3 is 0 Å². The predicted molar refractivity (Wildman–Crippen MR) is 96.6 cm³/mol. The van der Waals surface area contributed by atoms with Gasteiger partial charge in [0.1, 0.15) is 6.33 Å². The molecule has 2 heterocycles. The van der Waals surface area contributed by atoms with Gasteiger partial charge in [-0.2, -0.15) is 10.1 Å². The van der Waals surface area contributed by atoms with E-state index in [9.17, 15) is 4.79 Å². The molecule has 2 atom stereocenters. The first-order valence-electron chi connectivity index (χ1n) is 8.15. The smallest absolute Gasteiger partial charge is 0.231 e. The fraction of sp³-hybridized carbons (Fsp3) is 0.211. The second-order valence-electron chi connectivity index (χ2n) is 6.12. The molecule has 5 nitrogen and oxygen atoms in total. The van der Waals surface area contributed by atoms with E-state index in [2.05, 4.69) is 22.2 Å². The molecule has 0 spiro atoms. The van der Waals surface area contributed by atoms with Crippen molar-refractivity contribution in [3.8, 4) is 0 Å². The van der Waals surface area contributed by atoms with E-state index in [1.807, 2.05) is 47.1 Å². The number of amides is 1. The number of benzene rings is 2. The summed E-state index contributed by atoms with van der Waals surface area (Å²) in [6.45, 7) is 1.56. The normalized spacial score (nSPS) is 19.5. The average Bonchev–Trinajstić information content (AvgIpc) is 3.11. The summed E-state index contributed by atoms with van der Waals surface area (Å²) in [4.78, 5) is 18.4. The number of rotatable bonds is 2. The van der Waals surface area contributed by atoms with E-state index in [1.54, 1.807) is 11.8 Å². The summed E-state index contributed by atoms with van der Waals surface area (Å²) in [5.74, 6) is 0.522. The highest BCUT2D eigenvalue weighted by molar-refractivity contribution is 6.30. The number of carbonyl (C=O) groups is 1. The summed E-state index contributed by atoms with van der Waals surface area (Å²) in [7, 11) is 0. The first-order chi connectivity index (χ1) is 12.1. The van der Waals surface area contributed by atoms with E-state index in [4.69, 9.17) is 11.6 Å². The zero-order chi connectivity index (χ0) is 17.4. The molecule has 6 heteroatoms. The number of anilines is 1. The number of hydrogen-bond acceptors (Lipinski definition) is 3. The Morgan fingerprint density at radius 1 is 1.04 bits per heavy atom. The van der Waals surface area contributed by atoms with Gasteiger partial charge in [-0.05, 0) is 29.7 Å². The molecule has 1 aromatic heterocycles. The van der Waals surface area contributed by atoms with Crippen molar-refractivity contribution in [2.45, 2.75) is 25.4 Å². The lowest BCUT2D eigenvalue weighted by atomic mass is 9.92. The van der Waals surface area contributed by atoms with E-state index >= 15 is 0 Å². The van der Waals surface area contributed by atoms with E-state index in [1.165, 1.54) is 6.33 Å². The SMILES string of the molecule is CC(=O)N1c2ncnn2[C@@H](c2ccccc2)C[C@@H]1c1ccc(Cl)cc1. The third-order valence-electron chi connectivity index (χ3n) is 4.60. The monoisotopic (exact) mass is 352 g/mol. The Bertz CT molecular complexity index is 891. The standard InChI is InChI=1S/C19H17ClN4O/c1-13(25)23-17(15-7-9-16(20)10-8-15)11-18(14-5-3-2-4-6-14)24-19(23)21-12-22-24/h2-10,12,17-18H,11H2,1H3/t17-,18-/m1/s1. The molecular formula is C19H17ClN4O. The van der Waals surface area contributed by atoms with Crippen molar-refractivity contribution in [2.24, 2.45) is 0 Å². The Morgan fingerprint density at radius 2 is 1.72 bits per heavy atom. The van der Waals surface area contributed by atoms with Gasteiger partial charge in [-0.15, -0.1) is 0 Å². The maximum atomic E-state index is 12.4. The van der Waals surface area contributed by atoms with Crippen LogP contribution in [-0.4, -0.2) is 20.7 Å². The second-order valence-corrected chi connectivity index (χ2v) is 6.56. The molecule has 0 unspecified atom stereocenters. The van der Waals surface area contributed by atoms with Crippen LogP contribution in [0.25, 0.3) is 0 Å². The highest BCUT2D eigenvalue weighted by atomic mass is 35.5. The number of carbonyl (C=O) groups excluding carboxylic acids is 1. The summed E-state index contributed by atoms with van der Waals surface area (Å²) in [5.41, 5.74) is 2.19. The average molecular weight is 353 g/mol. The molecule has 25 heavy (non-hydrogen) atoms. The summed E-state index contributed by atoms with van der Waals surface area (Å²) in [6, 6.07) is 17.7. The molecule has 0 N–H and O–H groups in total. The lowest BCUT2D eigenvalue weighted by Crippen LogP contribution is -2.41. The molecule has 3 aromatic rings. The Labute approximate surface area is 150 Å². The minimum absolute atomic E-state index is 0.0231. The molecule has 0 fully saturated rings. The van der Waals surface area contributed by atoms with Crippen LogP contribution in [0.1, 0.15) is 36.6 Å². The van der Waals surface area contributed by atoms with Crippen LogP contribution in [0.2, 0.25) is 5.02 Å². The summed E-state index contributed by atoms with van der Waals surface area (Å²) < 4.78 is 1.84. The highest BCUT2D eigenvalue weighted by Crippen LogP contribution is 2.41. The Morgan fingerprint density at radius 3 is 2.40 bits per heavy atom. The van der Waals surface area contributed by atoms with Crippen LogP contribution in [0.15, 0.2) is 60.9 Å². The minimum atomic E-state index is -0.114. The molecule has 0 bridgehead atoms. The van der Waals surface area contributed by atoms with E-state index < -0.39 is 0 Å². The number of fused-ring (bicyclic) bond motifs is 1. The molecule has 0 aliphatic carbocycles. The Balaban J connectivity index is 1.84. The van der Waals surface area contributed by atoms with Crippen LogP contribution in [-0.2, 0) is 4.79 Å². The molecule has 126 valence electrons. The third-order valence-corrected chi connectivity index (χ3v) is 4.85. The van der Waals surface area contributed by atoms with Gasteiger partial charge in [0.2, 0.25) is 11.9 Å². The van der Waals surface area contributed by atoms with Gasteiger partial charge in [-0.1, -0.05) is 54.1 Å². The Kier molecular flexibility index (Phi) is 4.01. The van der Waals surface area contributed by atoms with Gasteiger partial charge < -0.3 is 0 Å². The number of halogens is 1. The van der Waals surface area contributed by atoms with Crippen molar-refractivity contribution in [1.82, 2.24) is 14.8 Å². The van der Waals surface area contributed by atoms with Gasteiger partial charge in [-0.25, -0.2) is 4.68 Å². The first-order valence-corrected chi connectivity index (χ1v) is 8.52. The van der Waals surface area contributed by atoms with Gasteiger partial charge in [0.05, 0.1) is 12.1 Å². The highest BCUT2D eigenvalue weighted by Gasteiger charge is 2.37. The largest absolute Gasteiger partial charge is 0.275 e. The van der Waals surface area contributed by atoms with Crippen LogP contribution >= 0.6 is 11.6 Å². The third kappa shape index (κ3) is 2.81. The molecular weight excluding hydrogens is 336 g/mol. The molecule has 0 saturated heterocycles. The van der Waals surface area contributed by atoms with Crippen molar-refractivity contribution in [3.05, 3.63) is 77.1 Å². The van der Waals surface area contributed by atoms with Crippen molar-refractivity contribution >= 4 is 23.5 Å². The molecule has 0 saturated carbocycles. The number of hydrogen-bond donors (Lipinski definition) is 0. The Hall–Kier alpha value is -2.66. The molecule has 1 amide bonds. The zero-order valence-electron chi connectivity index (χ0n) is 13.7. The second kappa shape index (κ2) is 6.33. The number of aromatic nitrogens is 3. The van der Waals surface area contributed by atoms with Gasteiger partial charge in [0.25, 0.3) is 0 Å². The zero-order valence-corrected chi connectivity index (χ0v) is 14.5. The quantitative estimate of drug-likeness (QED) is 0.700. The fourth-order valence-electron chi connectivity index (χ4n) is 3.48. The topological polar surface area (TPSA) is 51.0 Å². The summed E-state index contributed by atoms with van der Waals surface area (Å²) in [6.07, 6.45) is 2.23. The van der Waals surface area contributed by atoms with Gasteiger partial charge in [-0.3, -0.25) is 9.69 Å². The van der Waals surface area contributed by atoms with Crippen molar-refractivity contribution < 1.29 is 4.79 Å². The van der Waals surface area contributed by atoms with Crippen molar-refractivity contribution in [2.75, 3.05) is 4.90 Å². The maximum absolute atomic E-state index is 12.4. The van der Waals surface area contributed by atoms with E-state index in [-0.39, 0.29) is 18.0 Å². The summed E-state index contributed by atoms with van der Waals surface area (Å²) >= 11 is 6.03. The minimum Gasteiger partial charge on any atom is -0.275 e. The first kappa shape index (κ1) is 15.8. The predicted octanol–water partition coefficient (Wildman–Crippen LogP) is 4.02. The van der Waals surface area contributed by atoms with E-state index in [0.717, 1.165) is 17.5 Å². The van der Waals surface area contributed by atoms with Crippen molar-refractivity contribution in [3.63, 3.8) is 0 Å². The van der Waals surface area contributed by atoms with Crippen molar-refractivity contribution in [1.29, 1.82) is 0 Å². The lowest BCUT2D eigenvalue weighted by Gasteiger charge is -2.38. The number of nitrogens with zero attached hydrogens (tertiary/aromatic N) is 4. The molecule has 4 rings (SSSR count). The van der Waals surface area contributed by atoms with E-state index in [0.29, 0.717) is 11.0 Å². The van der Waals surface area contributed by atoms with Crippen LogP contribution in [0.3, 0.4) is 0 Å². The fourth-order valence-corrected chi connectivity index (χ4v) is 3.60. The molecule has 1 aliphatic heterocycles. The van der Waals surface area contributed by atoms with Gasteiger partial charge in [0.15, 0.2) is 0 Å². The van der Waals surface area contributed by atoms with Crippen LogP contribution in [0.5, 0.6) is 0 Å². The summed E-state index contributed by atoms with van der Waals surface area (Å²) in [5, 5.41) is 5.06. The maximum Gasteiger partial charge on any atom is 0.231 e.